The highest BCUT2D eigenvalue weighted by atomic mass is 16.1. The van der Waals surface area contributed by atoms with Gasteiger partial charge in [-0.25, -0.2) is 0 Å². The zero-order valence-electron chi connectivity index (χ0n) is 16.6. The number of hydrogen-bond acceptors (Lipinski definition) is 3. The molecule has 4 nitrogen and oxygen atoms in total. The van der Waals surface area contributed by atoms with Crippen LogP contribution in [0.2, 0.25) is 0 Å². The molecule has 4 rings (SSSR count). The first kappa shape index (κ1) is 19.3. The summed E-state index contributed by atoms with van der Waals surface area (Å²) in [6.07, 6.45) is 7.32. The van der Waals surface area contributed by atoms with Crippen LogP contribution in [-0.2, 0) is 0 Å². The van der Waals surface area contributed by atoms with Crippen molar-refractivity contribution in [3.8, 4) is 11.1 Å². The van der Waals surface area contributed by atoms with Gasteiger partial charge in [-0.2, -0.15) is 0 Å². The molecule has 0 spiro atoms. The van der Waals surface area contributed by atoms with Gasteiger partial charge in [-0.15, -0.1) is 0 Å². The summed E-state index contributed by atoms with van der Waals surface area (Å²) >= 11 is 0. The van der Waals surface area contributed by atoms with Gasteiger partial charge in [-0.05, 0) is 66.9 Å². The van der Waals surface area contributed by atoms with E-state index in [9.17, 15) is 4.79 Å². The molecule has 1 aliphatic heterocycles. The molecule has 1 aliphatic rings. The van der Waals surface area contributed by atoms with E-state index < -0.39 is 0 Å². The van der Waals surface area contributed by atoms with Crippen LogP contribution in [0.4, 0.5) is 0 Å². The van der Waals surface area contributed by atoms with E-state index in [1.807, 2.05) is 42.5 Å². The summed E-state index contributed by atoms with van der Waals surface area (Å²) in [7, 11) is 0. The van der Waals surface area contributed by atoms with Crippen LogP contribution >= 0.6 is 0 Å². The predicted octanol–water partition coefficient (Wildman–Crippen LogP) is 4.71. The molecule has 148 valence electrons. The van der Waals surface area contributed by atoms with E-state index in [2.05, 4.69) is 39.5 Å². The maximum atomic E-state index is 12.8. The number of aromatic nitrogens is 1. The molecule has 2 heterocycles. The minimum atomic E-state index is -0.0239. The zero-order valence-corrected chi connectivity index (χ0v) is 16.6. The van der Waals surface area contributed by atoms with Crippen molar-refractivity contribution >= 4 is 5.91 Å². The van der Waals surface area contributed by atoms with Crippen LogP contribution in [-0.4, -0.2) is 35.4 Å². The Hall–Kier alpha value is -2.98. The number of hydrogen-bond donors (Lipinski definition) is 1. The minimum absolute atomic E-state index is 0.0239. The third-order valence-electron chi connectivity index (χ3n) is 5.63. The van der Waals surface area contributed by atoms with E-state index >= 15 is 0 Å². The average Bonchev–Trinajstić information content (AvgIpc) is 2.81. The van der Waals surface area contributed by atoms with E-state index in [-0.39, 0.29) is 11.9 Å². The van der Waals surface area contributed by atoms with Crippen molar-refractivity contribution in [2.24, 2.45) is 0 Å². The molecule has 1 N–H and O–H groups in total. The first-order chi connectivity index (χ1) is 14.3. The van der Waals surface area contributed by atoms with E-state index in [0.717, 1.165) is 24.2 Å². The smallest absolute Gasteiger partial charge is 0.251 e. The lowest BCUT2D eigenvalue weighted by atomic mass is 10.0. The number of amides is 1. The van der Waals surface area contributed by atoms with Crippen LogP contribution in [0.1, 0.15) is 41.2 Å². The fraction of sp³-hybridized carbons (Fsp3) is 0.280. The van der Waals surface area contributed by atoms with Crippen LogP contribution in [0.5, 0.6) is 0 Å². The van der Waals surface area contributed by atoms with Gasteiger partial charge in [-0.1, -0.05) is 48.9 Å². The standard InChI is InChI=1S/C25H27N3O/c29-25(23-11-9-20(10-12-23)21-13-15-26-16-14-21)27-19-24(22-7-3-1-4-8-22)28-17-5-2-6-18-28/h1,3-4,7-16,24H,2,5-6,17-19H2,(H,27,29)/t24-/m1/s1. The van der Waals surface area contributed by atoms with Crippen LogP contribution in [0.25, 0.3) is 11.1 Å². The van der Waals surface area contributed by atoms with Crippen molar-refractivity contribution in [3.05, 3.63) is 90.3 Å². The van der Waals surface area contributed by atoms with Gasteiger partial charge in [0.25, 0.3) is 5.91 Å². The molecule has 3 aromatic rings. The van der Waals surface area contributed by atoms with E-state index in [1.165, 1.54) is 24.8 Å². The van der Waals surface area contributed by atoms with Gasteiger partial charge < -0.3 is 5.32 Å². The number of nitrogens with one attached hydrogen (secondary N) is 1. The Balaban J connectivity index is 1.43. The van der Waals surface area contributed by atoms with Crippen molar-refractivity contribution in [1.29, 1.82) is 0 Å². The third-order valence-corrected chi connectivity index (χ3v) is 5.63. The highest BCUT2D eigenvalue weighted by molar-refractivity contribution is 5.94. The normalized spacial score (nSPS) is 15.6. The molecule has 1 aromatic heterocycles. The lowest BCUT2D eigenvalue weighted by molar-refractivity contribution is 0.0924. The number of carbonyl (C=O) groups excluding carboxylic acids is 1. The molecule has 0 radical (unpaired) electrons. The molecule has 0 bridgehead atoms. The van der Waals surface area contributed by atoms with E-state index in [0.29, 0.717) is 12.1 Å². The second kappa shape index (κ2) is 9.48. The fourth-order valence-corrected chi connectivity index (χ4v) is 4.01. The van der Waals surface area contributed by atoms with Crippen LogP contribution in [0.15, 0.2) is 79.1 Å². The summed E-state index contributed by atoms with van der Waals surface area (Å²) in [5, 5.41) is 3.16. The number of carbonyl (C=O) groups is 1. The van der Waals surface area contributed by atoms with Gasteiger partial charge in [0.15, 0.2) is 0 Å². The Bertz CT molecular complexity index is 904. The van der Waals surface area contributed by atoms with Crippen LogP contribution in [0, 0.1) is 0 Å². The number of benzene rings is 2. The second-order valence-electron chi connectivity index (χ2n) is 7.55. The zero-order chi connectivity index (χ0) is 19.9. The highest BCUT2D eigenvalue weighted by Crippen LogP contribution is 2.24. The molecule has 0 unspecified atom stereocenters. The second-order valence-corrected chi connectivity index (χ2v) is 7.55. The Morgan fingerprint density at radius 3 is 2.21 bits per heavy atom. The fourth-order valence-electron chi connectivity index (χ4n) is 4.01. The van der Waals surface area contributed by atoms with Crippen molar-refractivity contribution in [2.45, 2.75) is 25.3 Å². The molecule has 0 saturated carbocycles. The summed E-state index contributed by atoms with van der Waals surface area (Å²) in [6, 6.07) is 22.4. The quantitative estimate of drug-likeness (QED) is 0.669. The minimum Gasteiger partial charge on any atom is -0.350 e. The average molecular weight is 386 g/mol. The molecule has 1 saturated heterocycles. The molecule has 4 heteroatoms. The number of likely N-dealkylation sites (tertiary alicyclic amines) is 1. The van der Waals surface area contributed by atoms with Crippen molar-refractivity contribution in [3.63, 3.8) is 0 Å². The SMILES string of the molecule is O=C(NC[C@H](c1ccccc1)N1CCCCC1)c1ccc(-c2ccncc2)cc1. The summed E-state index contributed by atoms with van der Waals surface area (Å²) in [4.78, 5) is 19.3. The molecule has 1 amide bonds. The van der Waals surface area contributed by atoms with E-state index in [4.69, 9.17) is 0 Å². The number of pyridine rings is 1. The molecule has 0 aliphatic carbocycles. The summed E-state index contributed by atoms with van der Waals surface area (Å²) in [5.74, 6) is -0.0239. The molecule has 2 aromatic carbocycles. The number of rotatable bonds is 6. The Kier molecular flexibility index (Phi) is 6.32. The van der Waals surface area contributed by atoms with Crippen molar-refractivity contribution in [1.82, 2.24) is 15.2 Å². The van der Waals surface area contributed by atoms with Gasteiger partial charge in [0, 0.05) is 24.5 Å². The van der Waals surface area contributed by atoms with E-state index in [1.54, 1.807) is 12.4 Å². The summed E-state index contributed by atoms with van der Waals surface area (Å²) < 4.78 is 0. The van der Waals surface area contributed by atoms with Gasteiger partial charge in [0.2, 0.25) is 0 Å². The lowest BCUT2D eigenvalue weighted by Gasteiger charge is -2.35. The molecule has 1 atom stereocenters. The Morgan fingerprint density at radius 1 is 0.862 bits per heavy atom. The maximum Gasteiger partial charge on any atom is 0.251 e. The van der Waals surface area contributed by atoms with Crippen LogP contribution < -0.4 is 5.32 Å². The van der Waals surface area contributed by atoms with Gasteiger partial charge in [0.1, 0.15) is 0 Å². The summed E-state index contributed by atoms with van der Waals surface area (Å²) in [5.41, 5.74) is 4.14. The number of piperidine rings is 1. The van der Waals surface area contributed by atoms with Crippen molar-refractivity contribution in [2.75, 3.05) is 19.6 Å². The topological polar surface area (TPSA) is 45.2 Å². The predicted molar refractivity (Wildman–Crippen MR) is 117 cm³/mol. The number of nitrogens with zero attached hydrogens (tertiary/aromatic N) is 2. The first-order valence-electron chi connectivity index (χ1n) is 10.4. The first-order valence-corrected chi connectivity index (χ1v) is 10.4. The van der Waals surface area contributed by atoms with Gasteiger partial charge in [-0.3, -0.25) is 14.7 Å². The molecule has 29 heavy (non-hydrogen) atoms. The third kappa shape index (κ3) is 4.90. The molecular formula is C25H27N3O. The lowest BCUT2D eigenvalue weighted by Crippen LogP contribution is -2.40. The largest absolute Gasteiger partial charge is 0.350 e. The Labute approximate surface area is 172 Å². The monoisotopic (exact) mass is 385 g/mol. The van der Waals surface area contributed by atoms with Gasteiger partial charge in [0.05, 0.1) is 6.04 Å². The van der Waals surface area contributed by atoms with Gasteiger partial charge >= 0.3 is 0 Å². The van der Waals surface area contributed by atoms with Crippen LogP contribution in [0.3, 0.4) is 0 Å². The van der Waals surface area contributed by atoms with Crippen molar-refractivity contribution < 1.29 is 4.79 Å². The summed E-state index contributed by atoms with van der Waals surface area (Å²) in [6.45, 7) is 2.81. The molecule has 1 fully saturated rings. The Morgan fingerprint density at radius 2 is 1.52 bits per heavy atom. The molecular weight excluding hydrogens is 358 g/mol. The maximum absolute atomic E-state index is 12.8. The highest BCUT2D eigenvalue weighted by Gasteiger charge is 2.22.